The Labute approximate surface area is 340 Å². The largest absolute Gasteiger partial charge is 0.455 e. The highest BCUT2D eigenvalue weighted by Crippen LogP contribution is 2.43. The molecule has 3 nitrogen and oxygen atoms in total. The lowest BCUT2D eigenvalue weighted by Crippen LogP contribution is -1.96. The lowest BCUT2D eigenvalue weighted by molar-refractivity contribution is 0.673. The van der Waals surface area contributed by atoms with Gasteiger partial charge in [-0.3, -0.25) is 0 Å². The second-order valence-electron chi connectivity index (χ2n) is 15.3. The number of hydrogen-bond donors (Lipinski definition) is 0. The molecule has 0 bridgehead atoms. The van der Waals surface area contributed by atoms with E-state index in [0.29, 0.717) is 5.82 Å². The molecule has 59 heavy (non-hydrogen) atoms. The van der Waals surface area contributed by atoms with E-state index < -0.39 is 0 Å². The van der Waals surface area contributed by atoms with E-state index in [2.05, 4.69) is 170 Å². The van der Waals surface area contributed by atoms with Crippen molar-refractivity contribution in [2.24, 2.45) is 0 Å². The van der Waals surface area contributed by atoms with Gasteiger partial charge in [0.2, 0.25) is 0 Å². The smallest absolute Gasteiger partial charge is 0.160 e. The molecule has 0 radical (unpaired) electrons. The van der Waals surface area contributed by atoms with Crippen LogP contribution in [0.5, 0.6) is 0 Å². The van der Waals surface area contributed by atoms with Gasteiger partial charge in [0.05, 0.1) is 11.4 Å². The van der Waals surface area contributed by atoms with Crippen molar-refractivity contribution in [3.8, 4) is 56.2 Å². The van der Waals surface area contributed by atoms with Crippen LogP contribution in [0, 0.1) is 0 Å². The molecule has 0 saturated heterocycles. The molecule has 2 heterocycles. The Morgan fingerprint density at radius 3 is 1.47 bits per heavy atom. The fourth-order valence-corrected chi connectivity index (χ4v) is 9.02. The molecule has 0 aliphatic rings. The quantitative estimate of drug-likeness (QED) is 0.164. The van der Waals surface area contributed by atoms with E-state index in [4.69, 9.17) is 14.4 Å². The van der Waals surface area contributed by atoms with E-state index in [-0.39, 0.29) is 0 Å². The number of fused-ring (bicyclic) bond motifs is 11. The van der Waals surface area contributed by atoms with Crippen LogP contribution in [0.1, 0.15) is 0 Å². The van der Waals surface area contributed by atoms with Crippen LogP contribution in [-0.2, 0) is 0 Å². The first kappa shape index (κ1) is 33.3. The molecule has 12 rings (SSSR count). The minimum absolute atomic E-state index is 0.703. The summed E-state index contributed by atoms with van der Waals surface area (Å²) < 4.78 is 6.82. The van der Waals surface area contributed by atoms with E-state index in [1.807, 2.05) is 36.4 Å². The zero-order valence-corrected chi connectivity index (χ0v) is 31.9. The maximum absolute atomic E-state index is 6.82. The predicted molar refractivity (Wildman–Crippen MR) is 247 cm³/mol. The van der Waals surface area contributed by atoms with Gasteiger partial charge in [-0.1, -0.05) is 170 Å². The van der Waals surface area contributed by atoms with Crippen LogP contribution < -0.4 is 0 Å². The molecule has 3 heteroatoms. The van der Waals surface area contributed by atoms with Crippen LogP contribution in [0.2, 0.25) is 0 Å². The van der Waals surface area contributed by atoms with Crippen LogP contribution in [-0.4, -0.2) is 9.97 Å². The zero-order chi connectivity index (χ0) is 38.9. The first-order chi connectivity index (χ1) is 29.2. The monoisotopic (exact) mass is 750 g/mol. The van der Waals surface area contributed by atoms with Gasteiger partial charge in [0, 0.05) is 32.8 Å². The highest BCUT2D eigenvalue weighted by atomic mass is 16.3. The zero-order valence-electron chi connectivity index (χ0n) is 31.9. The fraction of sp³-hybridized carbons (Fsp3) is 0. The summed E-state index contributed by atoms with van der Waals surface area (Å²) in [5, 5.41) is 12.1. The highest BCUT2D eigenvalue weighted by molar-refractivity contribution is 6.26. The number of rotatable bonds is 5. The van der Waals surface area contributed by atoms with Crippen LogP contribution >= 0.6 is 0 Å². The summed E-state index contributed by atoms with van der Waals surface area (Å²) in [6.07, 6.45) is 0. The van der Waals surface area contributed by atoms with E-state index in [9.17, 15) is 0 Å². The lowest BCUT2D eigenvalue weighted by atomic mass is 9.92. The molecule has 0 unspecified atom stereocenters. The van der Waals surface area contributed by atoms with Gasteiger partial charge in [0.15, 0.2) is 5.82 Å². The molecule has 0 N–H and O–H groups in total. The Balaban J connectivity index is 0.996. The number of furan rings is 1. The van der Waals surface area contributed by atoms with Gasteiger partial charge in [-0.05, 0) is 96.4 Å². The van der Waals surface area contributed by atoms with E-state index in [1.165, 1.54) is 37.9 Å². The first-order valence-electron chi connectivity index (χ1n) is 20.1. The maximum atomic E-state index is 6.82. The number of nitrogens with zero attached hydrogens (tertiary/aromatic N) is 2. The van der Waals surface area contributed by atoms with Crippen LogP contribution in [0.15, 0.2) is 211 Å². The Hall–Kier alpha value is -7.88. The van der Waals surface area contributed by atoms with Gasteiger partial charge in [0.1, 0.15) is 11.2 Å². The summed E-state index contributed by atoms with van der Waals surface area (Å²) in [4.78, 5) is 10.1. The lowest BCUT2D eigenvalue weighted by Gasteiger charge is -2.12. The summed E-state index contributed by atoms with van der Waals surface area (Å²) >= 11 is 0. The Morgan fingerprint density at radius 2 is 0.780 bits per heavy atom. The maximum Gasteiger partial charge on any atom is 0.160 e. The molecule has 0 fully saturated rings. The van der Waals surface area contributed by atoms with Gasteiger partial charge < -0.3 is 4.42 Å². The number of aromatic nitrogens is 2. The van der Waals surface area contributed by atoms with E-state index >= 15 is 0 Å². The molecule has 0 aliphatic heterocycles. The van der Waals surface area contributed by atoms with Crippen molar-refractivity contribution in [3.63, 3.8) is 0 Å². The molecule has 10 aromatic carbocycles. The van der Waals surface area contributed by atoms with Crippen molar-refractivity contribution in [3.05, 3.63) is 206 Å². The standard InChI is InChI=1S/C56H34N2O/c1-3-14-35(15-4-1)52-34-53(58-56(57-52)36-16-5-2-6-17-36)40-19-13-18-39(30-40)49-33-51-47-29-27-38(32-54(47)59-55(51)48-25-12-11-24-45(48)49)37-26-28-46-43-22-8-7-20-41(43)42-21-9-10-23-44(42)50(46)31-37/h1-34H. The minimum atomic E-state index is 0.703. The molecule has 0 spiro atoms. The molecule has 0 aliphatic carbocycles. The minimum Gasteiger partial charge on any atom is -0.455 e. The second-order valence-corrected chi connectivity index (χ2v) is 15.3. The van der Waals surface area contributed by atoms with Crippen LogP contribution in [0.4, 0.5) is 0 Å². The second kappa shape index (κ2) is 13.4. The first-order valence-corrected chi connectivity index (χ1v) is 20.1. The summed E-state index contributed by atoms with van der Waals surface area (Å²) in [7, 11) is 0. The van der Waals surface area contributed by atoms with Gasteiger partial charge in [0.25, 0.3) is 0 Å². The predicted octanol–water partition coefficient (Wildman–Crippen LogP) is 15.3. The number of benzene rings is 10. The van der Waals surface area contributed by atoms with Gasteiger partial charge in [-0.2, -0.15) is 0 Å². The SMILES string of the molecule is c1ccc(-c2cc(-c3cccc(-c4cc5c6ccc(-c7ccc8c9ccccc9c9ccccc9c8c7)cc6oc5c5ccccc45)c3)nc(-c3ccccc3)n2)cc1. The average Bonchev–Trinajstić information content (AvgIpc) is 3.70. The van der Waals surface area contributed by atoms with Crippen molar-refractivity contribution in [1.82, 2.24) is 9.97 Å². The normalized spacial score (nSPS) is 11.7. The molecule has 0 amide bonds. The molecule has 274 valence electrons. The van der Waals surface area contributed by atoms with Gasteiger partial charge in [-0.25, -0.2) is 9.97 Å². The molecular weight excluding hydrogens is 717 g/mol. The molecule has 2 aromatic heterocycles. The summed E-state index contributed by atoms with van der Waals surface area (Å²) in [5.41, 5.74) is 11.2. The average molecular weight is 751 g/mol. The molecule has 0 atom stereocenters. The third kappa shape index (κ3) is 5.51. The topological polar surface area (TPSA) is 38.9 Å². The summed E-state index contributed by atoms with van der Waals surface area (Å²) in [5.74, 6) is 0.703. The highest BCUT2D eigenvalue weighted by Gasteiger charge is 2.18. The molecule has 12 aromatic rings. The van der Waals surface area contributed by atoms with Gasteiger partial charge in [-0.15, -0.1) is 0 Å². The van der Waals surface area contributed by atoms with Crippen LogP contribution in [0.3, 0.4) is 0 Å². The van der Waals surface area contributed by atoms with Crippen molar-refractivity contribution < 1.29 is 4.42 Å². The van der Waals surface area contributed by atoms with Gasteiger partial charge >= 0.3 is 0 Å². The van der Waals surface area contributed by atoms with E-state index in [0.717, 1.165) is 77.5 Å². The van der Waals surface area contributed by atoms with Crippen molar-refractivity contribution in [1.29, 1.82) is 0 Å². The Morgan fingerprint density at radius 1 is 0.271 bits per heavy atom. The fourth-order valence-electron chi connectivity index (χ4n) is 9.02. The summed E-state index contributed by atoms with van der Waals surface area (Å²) in [6, 6.07) is 73.3. The summed E-state index contributed by atoms with van der Waals surface area (Å²) in [6.45, 7) is 0. The molecular formula is C56H34N2O. The number of hydrogen-bond acceptors (Lipinski definition) is 3. The van der Waals surface area contributed by atoms with Crippen molar-refractivity contribution >= 4 is 65.0 Å². The molecule has 0 saturated carbocycles. The van der Waals surface area contributed by atoms with Crippen molar-refractivity contribution in [2.45, 2.75) is 0 Å². The van der Waals surface area contributed by atoms with E-state index in [1.54, 1.807) is 0 Å². The van der Waals surface area contributed by atoms with Crippen molar-refractivity contribution in [2.75, 3.05) is 0 Å². The third-order valence-corrected chi connectivity index (χ3v) is 11.9. The third-order valence-electron chi connectivity index (χ3n) is 11.9. The Kier molecular flexibility index (Phi) is 7.54. The van der Waals surface area contributed by atoms with Crippen LogP contribution in [0.25, 0.3) is 121 Å². The Bertz CT molecular complexity index is 3510.